The fraction of sp³-hybridized carbons (Fsp3) is 0.231. The molecule has 0 bridgehead atoms. The van der Waals surface area contributed by atoms with Crippen LogP contribution in [0, 0.1) is 10.5 Å². The molecule has 0 aliphatic heterocycles. The molecule has 0 fully saturated rings. The highest BCUT2D eigenvalue weighted by Gasteiger charge is 2.07. The number of aromatic amines is 1. The Balaban J connectivity index is 2.55. The van der Waals surface area contributed by atoms with Crippen LogP contribution < -0.4 is 0 Å². The maximum absolute atomic E-state index is 13.2. The summed E-state index contributed by atoms with van der Waals surface area (Å²) in [6.07, 6.45) is 1.87. The smallest absolute Gasteiger partial charge is 0.144 e. The third kappa shape index (κ3) is 2.84. The van der Waals surface area contributed by atoms with Crippen molar-refractivity contribution in [1.29, 1.82) is 0 Å². The average molecular weight is 327 g/mol. The molecule has 0 saturated heterocycles. The van der Waals surface area contributed by atoms with E-state index < -0.39 is 0 Å². The molecule has 18 heavy (non-hydrogen) atoms. The summed E-state index contributed by atoms with van der Waals surface area (Å²) >= 11 is 8.63. The Hall–Kier alpha value is -1.07. The fourth-order valence-electron chi connectivity index (χ4n) is 1.70. The van der Waals surface area contributed by atoms with Gasteiger partial charge in [-0.05, 0) is 34.5 Å². The van der Waals surface area contributed by atoms with Crippen molar-refractivity contribution >= 4 is 28.1 Å². The van der Waals surface area contributed by atoms with Crippen LogP contribution >= 0.6 is 28.1 Å². The first-order valence-electron chi connectivity index (χ1n) is 5.66. The zero-order chi connectivity index (χ0) is 13.1. The van der Waals surface area contributed by atoms with Crippen LogP contribution in [0.25, 0.3) is 11.4 Å². The number of nitrogens with one attached hydrogen (secondary N) is 1. The van der Waals surface area contributed by atoms with Crippen molar-refractivity contribution in [3.8, 4) is 11.4 Å². The van der Waals surface area contributed by atoms with E-state index in [1.807, 2.05) is 0 Å². The average Bonchev–Trinajstić information content (AvgIpc) is 2.35. The summed E-state index contributed by atoms with van der Waals surface area (Å²) in [4.78, 5) is 7.48. The van der Waals surface area contributed by atoms with E-state index in [2.05, 4.69) is 32.8 Å². The molecule has 2 nitrogen and oxygen atoms in total. The van der Waals surface area contributed by atoms with Gasteiger partial charge in [0.25, 0.3) is 0 Å². The minimum absolute atomic E-state index is 0.284. The van der Waals surface area contributed by atoms with E-state index in [4.69, 9.17) is 12.2 Å². The quantitative estimate of drug-likeness (QED) is 0.831. The molecule has 0 aliphatic rings. The maximum Gasteiger partial charge on any atom is 0.144 e. The van der Waals surface area contributed by atoms with Crippen LogP contribution in [-0.4, -0.2) is 9.97 Å². The lowest BCUT2D eigenvalue weighted by Gasteiger charge is -2.07. The first-order chi connectivity index (χ1) is 8.61. The molecular weight excluding hydrogens is 315 g/mol. The molecule has 0 spiro atoms. The van der Waals surface area contributed by atoms with Crippen LogP contribution in [0.5, 0.6) is 0 Å². The van der Waals surface area contributed by atoms with E-state index in [1.165, 1.54) is 12.1 Å². The fourth-order valence-corrected chi connectivity index (χ4v) is 2.30. The van der Waals surface area contributed by atoms with Crippen molar-refractivity contribution in [1.82, 2.24) is 9.97 Å². The van der Waals surface area contributed by atoms with E-state index >= 15 is 0 Å². The van der Waals surface area contributed by atoms with Gasteiger partial charge in [0.2, 0.25) is 0 Å². The van der Waals surface area contributed by atoms with Gasteiger partial charge in [-0.3, -0.25) is 0 Å². The van der Waals surface area contributed by atoms with Gasteiger partial charge in [0.05, 0.1) is 4.47 Å². The highest BCUT2D eigenvalue weighted by Crippen LogP contribution is 2.22. The zero-order valence-corrected chi connectivity index (χ0v) is 12.2. The molecule has 0 radical (unpaired) electrons. The second-order valence-corrected chi connectivity index (χ2v) is 5.12. The number of halogens is 2. The van der Waals surface area contributed by atoms with Crippen molar-refractivity contribution in [2.45, 2.75) is 19.8 Å². The van der Waals surface area contributed by atoms with Gasteiger partial charge in [-0.15, -0.1) is 0 Å². The summed E-state index contributed by atoms with van der Waals surface area (Å²) < 4.78 is 14.5. The van der Waals surface area contributed by atoms with Gasteiger partial charge in [-0.2, -0.15) is 0 Å². The van der Waals surface area contributed by atoms with Gasteiger partial charge < -0.3 is 4.98 Å². The van der Waals surface area contributed by atoms with Gasteiger partial charge in [0.1, 0.15) is 16.3 Å². The highest BCUT2D eigenvalue weighted by molar-refractivity contribution is 9.10. The predicted octanol–water partition coefficient (Wildman–Crippen LogP) is 4.66. The summed E-state index contributed by atoms with van der Waals surface area (Å²) in [7, 11) is 0. The van der Waals surface area contributed by atoms with E-state index in [9.17, 15) is 4.39 Å². The molecule has 2 rings (SSSR count). The van der Waals surface area contributed by atoms with Gasteiger partial charge in [0.15, 0.2) is 0 Å². The van der Waals surface area contributed by atoms with Gasteiger partial charge in [-0.1, -0.05) is 37.7 Å². The maximum atomic E-state index is 13.2. The number of aryl methyl sites for hydroxylation is 1. The minimum atomic E-state index is -0.284. The lowest BCUT2D eigenvalue weighted by molar-refractivity contribution is 0.628. The van der Waals surface area contributed by atoms with E-state index in [0.717, 1.165) is 23.0 Å². The van der Waals surface area contributed by atoms with Crippen molar-refractivity contribution in [2.75, 3.05) is 0 Å². The predicted molar refractivity (Wildman–Crippen MR) is 76.5 cm³/mol. The summed E-state index contributed by atoms with van der Waals surface area (Å²) in [5.74, 6) is 0.319. The Labute approximate surface area is 118 Å². The molecule has 0 atom stereocenters. The van der Waals surface area contributed by atoms with Crippen LogP contribution in [0.4, 0.5) is 4.39 Å². The number of benzene rings is 1. The molecule has 1 aromatic heterocycles. The van der Waals surface area contributed by atoms with Gasteiger partial charge in [-0.25, -0.2) is 9.37 Å². The summed E-state index contributed by atoms with van der Waals surface area (Å²) in [6, 6.07) is 6.31. The molecule has 5 heteroatoms. The molecular formula is C13H12BrFN2S. The lowest BCUT2D eigenvalue weighted by Crippen LogP contribution is -1.98. The monoisotopic (exact) mass is 326 g/mol. The largest absolute Gasteiger partial charge is 0.342 e. The molecule has 1 heterocycles. The van der Waals surface area contributed by atoms with Gasteiger partial charge in [0, 0.05) is 11.3 Å². The molecule has 0 aliphatic carbocycles. The van der Waals surface area contributed by atoms with Crippen molar-refractivity contribution in [3.63, 3.8) is 0 Å². The summed E-state index contributed by atoms with van der Waals surface area (Å²) in [5, 5.41) is 0. The Morgan fingerprint density at radius 1 is 1.44 bits per heavy atom. The number of nitrogens with zero attached hydrogens (tertiary/aromatic N) is 1. The van der Waals surface area contributed by atoms with Crippen molar-refractivity contribution < 1.29 is 4.39 Å². The molecule has 1 aromatic carbocycles. The normalized spacial score (nSPS) is 10.6. The van der Waals surface area contributed by atoms with E-state index in [-0.39, 0.29) is 5.82 Å². The highest BCUT2D eigenvalue weighted by atomic mass is 79.9. The van der Waals surface area contributed by atoms with Crippen LogP contribution in [-0.2, 0) is 6.42 Å². The Bertz CT molecular complexity index is 625. The molecule has 2 aromatic rings. The number of hydrogen-bond acceptors (Lipinski definition) is 2. The first kappa shape index (κ1) is 13.4. The molecule has 0 saturated carbocycles. The third-order valence-corrected chi connectivity index (χ3v) is 3.95. The minimum Gasteiger partial charge on any atom is -0.342 e. The second kappa shape index (κ2) is 5.71. The lowest BCUT2D eigenvalue weighted by atomic mass is 10.2. The Morgan fingerprint density at radius 2 is 2.22 bits per heavy atom. The summed E-state index contributed by atoms with van der Waals surface area (Å²) in [6.45, 7) is 2.09. The summed E-state index contributed by atoms with van der Waals surface area (Å²) in [5.41, 5.74) is 1.70. The standard InChI is InChI=1S/C13H12BrFN2S/c1-2-4-10-11(14)13(18)17-12(16-10)8-5-3-6-9(15)7-8/h3,5-7H,2,4H2,1H3,(H,16,17,18). The van der Waals surface area contributed by atoms with E-state index in [0.29, 0.717) is 16.0 Å². The van der Waals surface area contributed by atoms with Crippen molar-refractivity contribution in [2.24, 2.45) is 0 Å². The number of H-pyrrole nitrogens is 1. The zero-order valence-electron chi connectivity index (χ0n) is 9.84. The SMILES string of the molecule is CCCc1[nH]c(-c2cccc(F)c2)nc(=S)c1Br. The number of rotatable bonds is 3. The topological polar surface area (TPSA) is 28.7 Å². The van der Waals surface area contributed by atoms with Gasteiger partial charge >= 0.3 is 0 Å². The van der Waals surface area contributed by atoms with Crippen LogP contribution in [0.1, 0.15) is 19.0 Å². The third-order valence-electron chi connectivity index (χ3n) is 2.53. The molecule has 0 amide bonds. The first-order valence-corrected chi connectivity index (χ1v) is 6.86. The Kier molecular flexibility index (Phi) is 4.24. The van der Waals surface area contributed by atoms with E-state index in [1.54, 1.807) is 12.1 Å². The molecule has 1 N–H and O–H groups in total. The van der Waals surface area contributed by atoms with Crippen LogP contribution in [0.2, 0.25) is 0 Å². The molecule has 94 valence electrons. The van der Waals surface area contributed by atoms with Crippen LogP contribution in [0.15, 0.2) is 28.7 Å². The second-order valence-electron chi connectivity index (χ2n) is 3.94. The molecule has 0 unspecified atom stereocenters. The van der Waals surface area contributed by atoms with Crippen LogP contribution in [0.3, 0.4) is 0 Å². The van der Waals surface area contributed by atoms with Crippen molar-refractivity contribution in [3.05, 3.63) is 44.9 Å². The Morgan fingerprint density at radius 3 is 2.89 bits per heavy atom. The number of aromatic nitrogens is 2. The number of hydrogen-bond donors (Lipinski definition) is 1.